The Balaban J connectivity index is 2.15. The van der Waals surface area contributed by atoms with Crippen LogP contribution >= 0.6 is 0 Å². The molecule has 0 aliphatic rings. The van der Waals surface area contributed by atoms with Gasteiger partial charge >= 0.3 is 5.97 Å². The molecule has 1 N–H and O–H groups in total. The zero-order valence-electron chi connectivity index (χ0n) is 10.9. The number of carboxylic acid groups (broad SMARTS) is 1. The highest BCUT2D eigenvalue weighted by Gasteiger charge is 2.17. The summed E-state index contributed by atoms with van der Waals surface area (Å²) in [6.07, 6.45) is 0.538. The second-order valence-electron chi connectivity index (χ2n) is 4.48. The number of carbonyl (C=O) groups is 1. The van der Waals surface area contributed by atoms with Crippen LogP contribution in [0.1, 0.15) is 18.9 Å². The normalized spacial score (nSPS) is 12.3. The van der Waals surface area contributed by atoms with Gasteiger partial charge in [0, 0.05) is 5.56 Å². The van der Waals surface area contributed by atoms with Crippen LogP contribution in [0.5, 0.6) is 0 Å². The molecule has 6 heteroatoms. The lowest BCUT2D eigenvalue weighted by atomic mass is 10.1. The van der Waals surface area contributed by atoms with Gasteiger partial charge in [-0.05, 0) is 18.6 Å². The SMILES string of the molecule is CCC(Cn1nnc(-c2ccc(C)cc2)n1)C(=O)O. The van der Waals surface area contributed by atoms with Crippen molar-refractivity contribution in [1.29, 1.82) is 0 Å². The van der Waals surface area contributed by atoms with E-state index in [0.717, 1.165) is 11.1 Å². The maximum atomic E-state index is 11.0. The summed E-state index contributed by atoms with van der Waals surface area (Å²) < 4.78 is 0. The van der Waals surface area contributed by atoms with Gasteiger partial charge < -0.3 is 5.11 Å². The number of aryl methyl sites for hydroxylation is 1. The van der Waals surface area contributed by atoms with Gasteiger partial charge in [0.05, 0.1) is 12.5 Å². The maximum Gasteiger partial charge on any atom is 0.308 e. The molecule has 100 valence electrons. The number of benzene rings is 1. The minimum Gasteiger partial charge on any atom is -0.481 e. The van der Waals surface area contributed by atoms with Gasteiger partial charge in [0.2, 0.25) is 5.82 Å². The van der Waals surface area contributed by atoms with Crippen LogP contribution in [0.3, 0.4) is 0 Å². The lowest BCUT2D eigenvalue weighted by Gasteiger charge is -2.06. The zero-order chi connectivity index (χ0) is 13.8. The first-order valence-electron chi connectivity index (χ1n) is 6.17. The third-order valence-electron chi connectivity index (χ3n) is 2.99. The van der Waals surface area contributed by atoms with Gasteiger partial charge in [-0.2, -0.15) is 4.80 Å². The van der Waals surface area contributed by atoms with Crippen molar-refractivity contribution >= 4 is 5.97 Å². The third-order valence-corrected chi connectivity index (χ3v) is 2.99. The summed E-state index contributed by atoms with van der Waals surface area (Å²) in [7, 11) is 0. The van der Waals surface area contributed by atoms with Crippen LogP contribution in [0.4, 0.5) is 0 Å². The van der Waals surface area contributed by atoms with E-state index in [2.05, 4.69) is 15.4 Å². The van der Waals surface area contributed by atoms with Crippen LogP contribution in [0.25, 0.3) is 11.4 Å². The van der Waals surface area contributed by atoms with Crippen molar-refractivity contribution in [3.8, 4) is 11.4 Å². The number of nitrogens with zero attached hydrogens (tertiary/aromatic N) is 4. The summed E-state index contributed by atoms with van der Waals surface area (Å²) in [6.45, 7) is 4.08. The Morgan fingerprint density at radius 2 is 2.05 bits per heavy atom. The molecule has 1 aromatic heterocycles. The van der Waals surface area contributed by atoms with E-state index in [1.165, 1.54) is 4.80 Å². The largest absolute Gasteiger partial charge is 0.481 e. The van der Waals surface area contributed by atoms with E-state index < -0.39 is 11.9 Å². The fourth-order valence-electron chi connectivity index (χ4n) is 1.72. The average Bonchev–Trinajstić information content (AvgIpc) is 2.85. The molecule has 0 aliphatic carbocycles. The van der Waals surface area contributed by atoms with E-state index in [1.54, 1.807) is 0 Å². The first-order chi connectivity index (χ1) is 9.10. The smallest absolute Gasteiger partial charge is 0.308 e. The van der Waals surface area contributed by atoms with Crippen LogP contribution in [-0.2, 0) is 11.3 Å². The third kappa shape index (κ3) is 3.15. The highest BCUT2D eigenvalue weighted by Crippen LogP contribution is 2.14. The standard InChI is InChI=1S/C13H16N4O2/c1-3-10(13(18)19)8-17-15-12(14-16-17)11-6-4-9(2)5-7-11/h4-7,10H,3,8H2,1-2H3,(H,18,19). The van der Waals surface area contributed by atoms with Gasteiger partial charge in [0.15, 0.2) is 0 Å². The molecule has 0 saturated carbocycles. The summed E-state index contributed by atoms with van der Waals surface area (Å²) >= 11 is 0. The van der Waals surface area contributed by atoms with Crippen molar-refractivity contribution < 1.29 is 9.90 Å². The molecule has 19 heavy (non-hydrogen) atoms. The van der Waals surface area contributed by atoms with Crippen molar-refractivity contribution in [2.24, 2.45) is 5.92 Å². The maximum absolute atomic E-state index is 11.0. The number of rotatable bonds is 5. The number of carboxylic acids is 1. The molecule has 0 fully saturated rings. The molecule has 0 radical (unpaired) electrons. The predicted octanol–water partition coefficient (Wildman–Crippen LogP) is 1.76. The Hall–Kier alpha value is -2.24. The topological polar surface area (TPSA) is 80.9 Å². The highest BCUT2D eigenvalue weighted by atomic mass is 16.4. The molecule has 6 nitrogen and oxygen atoms in total. The van der Waals surface area contributed by atoms with E-state index in [9.17, 15) is 4.79 Å². The van der Waals surface area contributed by atoms with Crippen molar-refractivity contribution in [1.82, 2.24) is 20.2 Å². The highest BCUT2D eigenvalue weighted by molar-refractivity contribution is 5.69. The van der Waals surface area contributed by atoms with Crippen molar-refractivity contribution in [3.63, 3.8) is 0 Å². The molecule has 1 atom stereocenters. The van der Waals surface area contributed by atoms with Crippen molar-refractivity contribution in [2.75, 3.05) is 0 Å². The average molecular weight is 260 g/mol. The molecular formula is C13H16N4O2. The van der Waals surface area contributed by atoms with Crippen molar-refractivity contribution in [3.05, 3.63) is 29.8 Å². The molecule has 0 amide bonds. The summed E-state index contributed by atoms with van der Waals surface area (Å²) in [5.41, 5.74) is 2.04. The van der Waals surface area contributed by atoms with Gasteiger partial charge in [-0.3, -0.25) is 4.79 Å². The second kappa shape index (κ2) is 5.60. The quantitative estimate of drug-likeness (QED) is 0.885. The molecule has 1 aromatic carbocycles. The van der Waals surface area contributed by atoms with E-state index in [0.29, 0.717) is 12.2 Å². The van der Waals surface area contributed by atoms with E-state index in [-0.39, 0.29) is 6.54 Å². The molecule has 1 unspecified atom stereocenters. The summed E-state index contributed by atoms with van der Waals surface area (Å²) in [5.74, 6) is -0.808. The molecule has 0 aliphatic heterocycles. The Morgan fingerprint density at radius 3 is 2.63 bits per heavy atom. The molecule has 2 aromatic rings. The Morgan fingerprint density at radius 1 is 1.37 bits per heavy atom. The Bertz CT molecular complexity index is 562. The van der Waals surface area contributed by atoms with Gasteiger partial charge in [-0.1, -0.05) is 36.8 Å². The van der Waals surface area contributed by atoms with Crippen LogP contribution in [0.15, 0.2) is 24.3 Å². The number of hydrogen-bond acceptors (Lipinski definition) is 4. The van der Waals surface area contributed by atoms with E-state index in [4.69, 9.17) is 5.11 Å². The predicted molar refractivity (Wildman–Crippen MR) is 69.4 cm³/mol. The molecule has 2 rings (SSSR count). The van der Waals surface area contributed by atoms with Gasteiger partial charge in [0.25, 0.3) is 0 Å². The first kappa shape index (κ1) is 13.2. The molecule has 0 saturated heterocycles. The second-order valence-corrected chi connectivity index (χ2v) is 4.48. The zero-order valence-corrected chi connectivity index (χ0v) is 10.9. The number of aromatic nitrogens is 4. The Labute approximate surface area is 111 Å². The van der Waals surface area contributed by atoms with E-state index in [1.807, 2.05) is 38.1 Å². The summed E-state index contributed by atoms with van der Waals surface area (Å²) in [5, 5.41) is 21.1. The molecule has 0 bridgehead atoms. The monoisotopic (exact) mass is 260 g/mol. The molecule has 0 spiro atoms. The van der Waals surface area contributed by atoms with Gasteiger partial charge in [0.1, 0.15) is 0 Å². The fourth-order valence-corrected chi connectivity index (χ4v) is 1.72. The van der Waals surface area contributed by atoms with Crippen molar-refractivity contribution in [2.45, 2.75) is 26.8 Å². The number of hydrogen-bond donors (Lipinski definition) is 1. The van der Waals surface area contributed by atoms with Crippen LogP contribution in [0, 0.1) is 12.8 Å². The first-order valence-corrected chi connectivity index (χ1v) is 6.17. The fraction of sp³-hybridized carbons (Fsp3) is 0.385. The summed E-state index contributed by atoms with van der Waals surface area (Å²) in [4.78, 5) is 12.3. The molecule has 1 heterocycles. The lowest BCUT2D eigenvalue weighted by molar-refractivity contribution is -0.142. The molecular weight excluding hydrogens is 244 g/mol. The lowest BCUT2D eigenvalue weighted by Crippen LogP contribution is -2.20. The Kier molecular flexibility index (Phi) is 3.89. The minimum atomic E-state index is -0.836. The van der Waals surface area contributed by atoms with Crippen LogP contribution in [0.2, 0.25) is 0 Å². The number of aliphatic carboxylic acids is 1. The van der Waals surface area contributed by atoms with Crippen LogP contribution in [-0.4, -0.2) is 31.3 Å². The van der Waals surface area contributed by atoms with Gasteiger partial charge in [-0.25, -0.2) is 0 Å². The van der Waals surface area contributed by atoms with Gasteiger partial charge in [-0.15, -0.1) is 10.2 Å². The summed E-state index contributed by atoms with van der Waals surface area (Å²) in [6, 6.07) is 7.79. The van der Waals surface area contributed by atoms with Crippen LogP contribution < -0.4 is 0 Å². The minimum absolute atomic E-state index is 0.241. The van der Waals surface area contributed by atoms with E-state index >= 15 is 0 Å². The number of tetrazole rings is 1.